The fraction of sp³-hybridized carbons (Fsp3) is 0.200. The van der Waals surface area contributed by atoms with Gasteiger partial charge in [0.2, 0.25) is 0 Å². The Labute approximate surface area is 135 Å². The maximum absolute atomic E-state index is 5.37. The van der Waals surface area contributed by atoms with Crippen molar-refractivity contribution in [1.29, 1.82) is 0 Å². The van der Waals surface area contributed by atoms with Crippen LogP contribution in [0.2, 0.25) is 0 Å². The van der Waals surface area contributed by atoms with Crippen molar-refractivity contribution < 1.29 is 9.47 Å². The second-order valence-corrected chi connectivity index (χ2v) is 5.93. The maximum atomic E-state index is 5.37. The van der Waals surface area contributed by atoms with Gasteiger partial charge in [-0.1, -0.05) is 15.9 Å². The molecule has 0 heterocycles. The summed E-state index contributed by atoms with van der Waals surface area (Å²) in [4.78, 5) is 0. The highest BCUT2D eigenvalue weighted by molar-refractivity contribution is 9.11. The van der Waals surface area contributed by atoms with Crippen molar-refractivity contribution >= 4 is 37.5 Å². The van der Waals surface area contributed by atoms with E-state index >= 15 is 0 Å². The molecule has 0 radical (unpaired) electrons. The lowest BCUT2D eigenvalue weighted by molar-refractivity contribution is 0.399. The third-order valence-corrected chi connectivity index (χ3v) is 4.07. The van der Waals surface area contributed by atoms with Crippen LogP contribution in [0.1, 0.15) is 5.56 Å². The largest absolute Gasteiger partial charge is 0.497 e. The first kappa shape index (κ1) is 15.2. The third-order valence-electron chi connectivity index (χ3n) is 2.89. The lowest BCUT2D eigenvalue weighted by Gasteiger charge is -2.13. The van der Waals surface area contributed by atoms with Crippen molar-refractivity contribution in [3.63, 3.8) is 0 Å². The number of halogens is 2. The Morgan fingerprint density at radius 3 is 2.50 bits per heavy atom. The number of hydrogen-bond donors (Lipinski definition) is 1. The second-order valence-electron chi connectivity index (χ2n) is 4.16. The molecule has 0 spiro atoms. The van der Waals surface area contributed by atoms with Crippen LogP contribution in [0.5, 0.6) is 11.5 Å². The fourth-order valence-electron chi connectivity index (χ4n) is 1.84. The zero-order valence-corrected chi connectivity index (χ0v) is 14.4. The van der Waals surface area contributed by atoms with Gasteiger partial charge in [0.05, 0.1) is 14.2 Å². The molecule has 0 amide bonds. The van der Waals surface area contributed by atoms with E-state index in [1.54, 1.807) is 14.2 Å². The highest BCUT2D eigenvalue weighted by atomic mass is 79.9. The van der Waals surface area contributed by atoms with Gasteiger partial charge < -0.3 is 14.8 Å². The Morgan fingerprint density at radius 1 is 1.00 bits per heavy atom. The third kappa shape index (κ3) is 3.67. The van der Waals surface area contributed by atoms with E-state index in [1.165, 1.54) is 0 Å². The molecule has 0 aliphatic heterocycles. The maximum Gasteiger partial charge on any atom is 0.124 e. The van der Waals surface area contributed by atoms with Gasteiger partial charge in [0, 0.05) is 26.7 Å². The lowest BCUT2D eigenvalue weighted by atomic mass is 10.2. The number of methoxy groups -OCH3 is 2. The minimum Gasteiger partial charge on any atom is -0.497 e. The molecule has 0 unspecified atom stereocenters. The molecule has 0 aromatic heterocycles. The normalized spacial score (nSPS) is 10.2. The van der Waals surface area contributed by atoms with Gasteiger partial charge in [-0.15, -0.1) is 0 Å². The van der Waals surface area contributed by atoms with Crippen molar-refractivity contribution in [2.45, 2.75) is 6.54 Å². The topological polar surface area (TPSA) is 30.5 Å². The van der Waals surface area contributed by atoms with E-state index < -0.39 is 0 Å². The summed E-state index contributed by atoms with van der Waals surface area (Å²) >= 11 is 7.00. The number of ether oxygens (including phenoxy) is 2. The van der Waals surface area contributed by atoms with E-state index in [9.17, 15) is 0 Å². The van der Waals surface area contributed by atoms with E-state index in [-0.39, 0.29) is 0 Å². The molecule has 0 aliphatic carbocycles. The molecule has 3 nitrogen and oxygen atoms in total. The number of nitrogens with one attached hydrogen (secondary N) is 1. The predicted molar refractivity (Wildman–Crippen MR) is 88.7 cm³/mol. The molecule has 0 saturated carbocycles. The van der Waals surface area contributed by atoms with Crippen LogP contribution < -0.4 is 14.8 Å². The number of rotatable bonds is 5. The summed E-state index contributed by atoms with van der Waals surface area (Å²) in [6.45, 7) is 0.648. The fourth-order valence-corrected chi connectivity index (χ4v) is 2.59. The number of anilines is 1. The molecule has 20 heavy (non-hydrogen) atoms. The van der Waals surface area contributed by atoms with Crippen LogP contribution in [0, 0.1) is 0 Å². The van der Waals surface area contributed by atoms with Crippen molar-refractivity contribution in [1.82, 2.24) is 0 Å². The van der Waals surface area contributed by atoms with Gasteiger partial charge in [-0.05, 0) is 52.3 Å². The highest BCUT2D eigenvalue weighted by Gasteiger charge is 2.06. The van der Waals surface area contributed by atoms with E-state index in [2.05, 4.69) is 37.2 Å². The van der Waals surface area contributed by atoms with Gasteiger partial charge in [0.1, 0.15) is 11.5 Å². The zero-order chi connectivity index (χ0) is 14.5. The lowest BCUT2D eigenvalue weighted by Crippen LogP contribution is -2.02. The quantitative estimate of drug-likeness (QED) is 0.778. The first-order chi connectivity index (χ1) is 9.63. The summed E-state index contributed by atoms with van der Waals surface area (Å²) in [5, 5.41) is 3.38. The molecule has 0 atom stereocenters. The predicted octanol–water partition coefficient (Wildman–Crippen LogP) is 4.84. The van der Waals surface area contributed by atoms with Crippen molar-refractivity contribution in [2.24, 2.45) is 0 Å². The van der Waals surface area contributed by atoms with E-state index in [0.717, 1.165) is 31.7 Å². The Hall–Kier alpha value is -1.20. The van der Waals surface area contributed by atoms with Gasteiger partial charge in [-0.3, -0.25) is 0 Å². The SMILES string of the molecule is COc1ccc(OC)c(CNc2cc(Br)ccc2Br)c1. The summed E-state index contributed by atoms with van der Waals surface area (Å²) in [5.74, 6) is 1.65. The molecule has 0 fully saturated rings. The Bertz CT molecular complexity index is 602. The van der Waals surface area contributed by atoms with Crippen LogP contribution in [-0.4, -0.2) is 14.2 Å². The molecular formula is C15H15Br2NO2. The minimum absolute atomic E-state index is 0.648. The molecule has 2 aromatic carbocycles. The Kier molecular flexibility index (Phi) is 5.31. The van der Waals surface area contributed by atoms with Crippen molar-refractivity contribution in [3.8, 4) is 11.5 Å². The second kappa shape index (κ2) is 6.99. The molecular weight excluding hydrogens is 386 g/mol. The van der Waals surface area contributed by atoms with Crippen LogP contribution >= 0.6 is 31.9 Å². The van der Waals surface area contributed by atoms with Crippen LogP contribution in [0.3, 0.4) is 0 Å². The van der Waals surface area contributed by atoms with E-state index in [1.807, 2.05) is 36.4 Å². The Morgan fingerprint density at radius 2 is 1.80 bits per heavy atom. The van der Waals surface area contributed by atoms with Crippen molar-refractivity contribution in [2.75, 3.05) is 19.5 Å². The highest BCUT2D eigenvalue weighted by Crippen LogP contribution is 2.29. The molecule has 2 rings (SSSR count). The van der Waals surface area contributed by atoms with Gasteiger partial charge in [-0.2, -0.15) is 0 Å². The Balaban J connectivity index is 2.19. The van der Waals surface area contributed by atoms with Gasteiger partial charge in [0.15, 0.2) is 0 Å². The average Bonchev–Trinajstić information content (AvgIpc) is 2.47. The molecule has 2 aromatic rings. The zero-order valence-electron chi connectivity index (χ0n) is 11.2. The van der Waals surface area contributed by atoms with Crippen LogP contribution in [0.25, 0.3) is 0 Å². The molecule has 5 heteroatoms. The smallest absolute Gasteiger partial charge is 0.124 e. The summed E-state index contributed by atoms with van der Waals surface area (Å²) in [6, 6.07) is 11.8. The molecule has 0 aliphatic rings. The van der Waals surface area contributed by atoms with Gasteiger partial charge >= 0.3 is 0 Å². The first-order valence-corrected chi connectivity index (χ1v) is 7.62. The average molecular weight is 401 g/mol. The summed E-state index contributed by atoms with van der Waals surface area (Å²) in [6.07, 6.45) is 0. The summed E-state index contributed by atoms with van der Waals surface area (Å²) in [5.41, 5.74) is 2.06. The van der Waals surface area contributed by atoms with Crippen molar-refractivity contribution in [3.05, 3.63) is 50.9 Å². The standard InChI is InChI=1S/C15H15Br2NO2/c1-19-12-4-6-15(20-2)10(7-12)9-18-14-8-11(16)3-5-13(14)17/h3-8,18H,9H2,1-2H3. The van der Waals surface area contributed by atoms with Crippen LogP contribution in [0.15, 0.2) is 45.3 Å². The van der Waals surface area contributed by atoms with E-state index in [0.29, 0.717) is 6.54 Å². The summed E-state index contributed by atoms with van der Waals surface area (Å²) in [7, 11) is 3.32. The monoisotopic (exact) mass is 399 g/mol. The summed E-state index contributed by atoms with van der Waals surface area (Å²) < 4.78 is 12.7. The molecule has 1 N–H and O–H groups in total. The van der Waals surface area contributed by atoms with Gasteiger partial charge in [0.25, 0.3) is 0 Å². The first-order valence-electron chi connectivity index (χ1n) is 6.04. The van der Waals surface area contributed by atoms with Crippen LogP contribution in [-0.2, 0) is 6.54 Å². The minimum atomic E-state index is 0.648. The molecule has 0 bridgehead atoms. The van der Waals surface area contributed by atoms with E-state index in [4.69, 9.17) is 9.47 Å². The number of hydrogen-bond acceptors (Lipinski definition) is 3. The van der Waals surface area contributed by atoms with Crippen LogP contribution in [0.4, 0.5) is 5.69 Å². The molecule has 106 valence electrons. The molecule has 0 saturated heterocycles. The van der Waals surface area contributed by atoms with Gasteiger partial charge in [-0.25, -0.2) is 0 Å². The number of benzene rings is 2.